The molecule has 330 valence electrons. The first-order valence-corrected chi connectivity index (χ1v) is 23.9. The van der Waals surface area contributed by atoms with Crippen molar-refractivity contribution < 1.29 is 33.8 Å². The van der Waals surface area contributed by atoms with Gasteiger partial charge in [-0.15, -0.1) is 34.9 Å². The van der Waals surface area contributed by atoms with Gasteiger partial charge in [0.2, 0.25) is 0 Å². The number of rotatable bonds is 16. The van der Waals surface area contributed by atoms with Crippen LogP contribution in [0.3, 0.4) is 0 Å². The third-order valence-electron chi connectivity index (χ3n) is 11.7. The van der Waals surface area contributed by atoms with Crippen molar-refractivity contribution in [2.24, 2.45) is 11.1 Å². The molecule has 5 aromatic carbocycles. The van der Waals surface area contributed by atoms with Gasteiger partial charge in [-0.1, -0.05) is 157 Å². The smallest absolute Gasteiger partial charge is 0.353 e. The number of carbonyl (C=O) groups excluding carboxylic acids is 2. The van der Waals surface area contributed by atoms with E-state index in [0.29, 0.717) is 34.8 Å². The van der Waals surface area contributed by atoms with Crippen molar-refractivity contribution in [2.75, 3.05) is 43.9 Å². The zero-order valence-electron chi connectivity index (χ0n) is 35.2. The minimum atomic E-state index is -1.68. The number of hydrogen-bond donors (Lipinski definition) is 3. The van der Waals surface area contributed by atoms with Crippen LogP contribution in [0.25, 0.3) is 0 Å². The molecule has 6 aromatic rings. The van der Waals surface area contributed by atoms with Gasteiger partial charge < -0.3 is 30.1 Å². The summed E-state index contributed by atoms with van der Waals surface area (Å²) in [6.45, 7) is 1.24. The first-order chi connectivity index (χ1) is 31.8. The van der Waals surface area contributed by atoms with E-state index >= 15 is 9.59 Å². The molecule has 0 bridgehead atoms. The van der Waals surface area contributed by atoms with Crippen molar-refractivity contribution in [1.82, 2.24) is 15.2 Å². The molecule has 4 heterocycles. The van der Waals surface area contributed by atoms with Gasteiger partial charge in [-0.2, -0.15) is 0 Å². The van der Waals surface area contributed by atoms with Gasteiger partial charge in [0.1, 0.15) is 36.2 Å². The molecule has 3 N–H and O–H groups in total. The zero-order valence-corrected chi connectivity index (χ0v) is 37.7. The lowest BCUT2D eigenvalue weighted by Gasteiger charge is -2.60. The van der Waals surface area contributed by atoms with E-state index in [0.717, 1.165) is 27.8 Å². The first kappa shape index (κ1) is 44.0. The van der Waals surface area contributed by atoms with Crippen LogP contribution in [-0.4, -0.2) is 88.0 Å². The Kier molecular flexibility index (Phi) is 13.2. The van der Waals surface area contributed by atoms with Crippen LogP contribution in [0.2, 0.25) is 0 Å². The van der Waals surface area contributed by atoms with E-state index in [1.807, 2.05) is 115 Å². The van der Waals surface area contributed by atoms with Crippen molar-refractivity contribution >= 4 is 63.5 Å². The second-order valence-electron chi connectivity index (χ2n) is 15.7. The number of ether oxygens (including phenoxy) is 2. The molecule has 3 aliphatic heterocycles. The average Bonchev–Trinajstić information content (AvgIpc) is 3.83. The Morgan fingerprint density at radius 3 is 1.89 bits per heavy atom. The number of carboxylic acid groups (broad SMARTS) is 1. The highest BCUT2D eigenvalue weighted by molar-refractivity contribution is 8.06. The summed E-state index contributed by atoms with van der Waals surface area (Å²) >= 11 is 4.11. The summed E-state index contributed by atoms with van der Waals surface area (Å²) in [7, 11) is 1.35. The Morgan fingerprint density at radius 1 is 0.862 bits per heavy atom. The molecular formula is C50H45N5O7S3. The van der Waals surface area contributed by atoms with Crippen LogP contribution < -0.4 is 10.6 Å². The molecule has 9 rings (SSSR count). The normalized spacial score (nSPS) is 19.0. The topological polar surface area (TPSA) is 152 Å². The number of nitrogens with zero attached hydrogens (tertiary/aromatic N) is 3. The van der Waals surface area contributed by atoms with Crippen molar-refractivity contribution in [1.29, 1.82) is 0 Å². The molecule has 3 aliphatic rings. The number of nitrogens with one attached hydrogen (secondary N) is 2. The molecule has 1 aromatic heterocycles. The zero-order chi connectivity index (χ0) is 44.8. The summed E-state index contributed by atoms with van der Waals surface area (Å²) in [4.78, 5) is 55.9. The molecule has 0 radical (unpaired) electrons. The maximum Gasteiger partial charge on any atom is 0.353 e. The van der Waals surface area contributed by atoms with Crippen LogP contribution in [0.4, 0.5) is 5.13 Å². The van der Waals surface area contributed by atoms with Gasteiger partial charge in [0.15, 0.2) is 16.4 Å². The fraction of sp³-hybridized carbons (Fsp3) is 0.220. The number of thiazole rings is 1. The van der Waals surface area contributed by atoms with Gasteiger partial charge >= 0.3 is 5.97 Å². The largest absolute Gasteiger partial charge is 0.477 e. The number of benzene rings is 5. The van der Waals surface area contributed by atoms with Crippen LogP contribution in [0.15, 0.2) is 173 Å². The molecule has 2 fully saturated rings. The lowest BCUT2D eigenvalue weighted by Crippen LogP contribution is -2.82. The van der Waals surface area contributed by atoms with E-state index in [9.17, 15) is 9.90 Å². The van der Waals surface area contributed by atoms with Crippen molar-refractivity contribution in [3.63, 3.8) is 0 Å². The summed E-state index contributed by atoms with van der Waals surface area (Å²) in [6.07, 6.45) is 0. The molecule has 2 amide bonds. The highest BCUT2D eigenvalue weighted by Crippen LogP contribution is 2.55. The molecule has 1 unspecified atom stereocenters. The minimum Gasteiger partial charge on any atom is -0.477 e. The number of β-lactam (4-membered cyclic amide) rings is 1. The highest BCUT2D eigenvalue weighted by Gasteiger charge is 2.69. The Labute approximate surface area is 389 Å². The molecule has 0 saturated carbocycles. The number of fused-ring (bicyclic) bond motifs is 1. The number of carbonyl (C=O) groups is 3. The van der Waals surface area contributed by atoms with Crippen molar-refractivity contribution in [2.45, 2.75) is 22.4 Å². The monoisotopic (exact) mass is 923 g/mol. The van der Waals surface area contributed by atoms with E-state index in [-0.39, 0.29) is 29.8 Å². The molecule has 2 atom stereocenters. The van der Waals surface area contributed by atoms with Crippen LogP contribution in [0, 0.1) is 5.92 Å². The first-order valence-electron chi connectivity index (χ1n) is 21.0. The van der Waals surface area contributed by atoms with Crippen LogP contribution in [0.5, 0.6) is 0 Å². The average molecular weight is 924 g/mol. The Balaban J connectivity index is 1.10. The molecule has 2 saturated heterocycles. The molecular weight excluding hydrogens is 879 g/mol. The number of anilines is 1. The van der Waals surface area contributed by atoms with E-state index in [2.05, 4.69) is 52.2 Å². The van der Waals surface area contributed by atoms with Crippen LogP contribution in [-0.2, 0) is 34.2 Å². The third kappa shape index (κ3) is 8.46. The number of thioether (sulfide) groups is 2. The number of aromatic nitrogens is 1. The molecule has 0 spiro atoms. The predicted molar refractivity (Wildman–Crippen MR) is 255 cm³/mol. The van der Waals surface area contributed by atoms with Crippen molar-refractivity contribution in [3.8, 4) is 0 Å². The number of aliphatic carboxylic acids is 1. The molecule has 65 heavy (non-hydrogen) atoms. The Bertz CT molecular complexity index is 2550. The minimum absolute atomic E-state index is 0.0661. The van der Waals surface area contributed by atoms with Gasteiger partial charge in [0.25, 0.3) is 11.8 Å². The fourth-order valence-corrected chi connectivity index (χ4v) is 12.5. The van der Waals surface area contributed by atoms with Gasteiger partial charge in [-0.3, -0.25) is 14.5 Å². The molecule has 0 aliphatic carbocycles. The number of carboxylic acids is 1. The molecule has 15 heteroatoms. The van der Waals surface area contributed by atoms with Crippen LogP contribution in [0.1, 0.15) is 39.4 Å². The number of amides is 2. The number of hydrogen-bond acceptors (Lipinski definition) is 12. The fourth-order valence-electron chi connectivity index (χ4n) is 8.90. The van der Waals surface area contributed by atoms with Crippen LogP contribution >= 0.6 is 34.9 Å². The lowest BCUT2D eigenvalue weighted by atomic mass is 9.68. The lowest BCUT2D eigenvalue weighted by molar-refractivity contribution is -0.159. The summed E-state index contributed by atoms with van der Waals surface area (Å²) in [5.74, 6) is -2.31. The second-order valence-corrected chi connectivity index (χ2v) is 18.7. The third-order valence-corrected chi connectivity index (χ3v) is 15.4. The van der Waals surface area contributed by atoms with Gasteiger partial charge in [-0.05, 0) is 27.8 Å². The van der Waals surface area contributed by atoms with Gasteiger partial charge in [0.05, 0.1) is 13.2 Å². The summed E-state index contributed by atoms with van der Waals surface area (Å²) in [5.41, 5.74) is 1.82. The summed E-state index contributed by atoms with van der Waals surface area (Å²) < 4.78 is 11.0. The summed E-state index contributed by atoms with van der Waals surface area (Å²) in [6, 6.07) is 49.3. The SMILES string of the molecule is CO/N=C(\C(=O)NC1(C(c2ccccc2)c2ccccc2)C(=O)N2C(C(=O)O)=C(SCC3COCOC3)CS[C@H]21)c1csc(NC(c2ccccc2)(c2ccccc2)c2ccccc2)n1. The predicted octanol–water partition coefficient (Wildman–Crippen LogP) is 8.15. The van der Waals surface area contributed by atoms with Crippen molar-refractivity contribution in [3.05, 3.63) is 201 Å². The maximum absolute atomic E-state index is 15.3. The molecule has 12 nitrogen and oxygen atoms in total. The van der Waals surface area contributed by atoms with E-state index < -0.39 is 40.2 Å². The van der Waals surface area contributed by atoms with Gasteiger partial charge in [-0.25, -0.2) is 9.78 Å². The van der Waals surface area contributed by atoms with Gasteiger partial charge in [0, 0.05) is 33.6 Å². The Morgan fingerprint density at radius 2 is 1.38 bits per heavy atom. The van der Waals surface area contributed by atoms with E-state index in [1.54, 1.807) is 5.38 Å². The Hall–Kier alpha value is -6.23. The summed E-state index contributed by atoms with van der Waals surface area (Å²) in [5, 5.41) is 23.3. The standard InChI is InChI=1S/C50H45N5O7S3/c1-60-54-42(39-30-65-48(51-39)53-49(36-21-11-4-12-22-36,37-23-13-5-14-24-37)38-25-15-6-16-26-38)44(56)52-50(41(34-17-7-2-8-18-34)35-19-9-3-10-20-35)46(59)55-43(45(57)58)40(31-64-47(50)55)63-29-33-27-61-32-62-28-33/h2-26,30,33,41,47H,27-29,31-32H2,1H3,(H,51,53)(H,52,56)(H,57,58)/b54-42-/t47-,50?/m0/s1. The highest BCUT2D eigenvalue weighted by atomic mass is 32.2. The van der Waals surface area contributed by atoms with E-state index in [4.69, 9.17) is 19.3 Å². The number of oxime groups is 1. The maximum atomic E-state index is 15.3. The second kappa shape index (κ2) is 19.5. The van der Waals surface area contributed by atoms with E-state index in [1.165, 1.54) is 46.9 Å². The quantitative estimate of drug-likeness (QED) is 0.0374.